The summed E-state index contributed by atoms with van der Waals surface area (Å²) in [5, 5.41) is 3.56. The summed E-state index contributed by atoms with van der Waals surface area (Å²) in [5.41, 5.74) is 5.40. The molecular formula is C10H9BrN2O2. The van der Waals surface area contributed by atoms with Crippen LogP contribution < -0.4 is 10.5 Å². The van der Waals surface area contributed by atoms with Crippen LogP contribution in [0.4, 0.5) is 5.82 Å². The van der Waals surface area contributed by atoms with Crippen molar-refractivity contribution in [1.29, 1.82) is 0 Å². The van der Waals surface area contributed by atoms with E-state index in [1.165, 1.54) is 0 Å². The third kappa shape index (κ3) is 2.73. The molecule has 0 aliphatic heterocycles. The van der Waals surface area contributed by atoms with Crippen molar-refractivity contribution in [2.45, 2.75) is 6.61 Å². The smallest absolute Gasteiger partial charge is 0.176 e. The Balaban J connectivity index is 1.96. The van der Waals surface area contributed by atoms with Crippen molar-refractivity contribution in [2.75, 3.05) is 5.73 Å². The molecule has 78 valence electrons. The number of aromatic nitrogens is 1. The number of halogens is 1. The number of hydrogen-bond donors (Lipinski definition) is 1. The number of anilines is 1. The Bertz CT molecular complexity index is 439. The predicted molar refractivity (Wildman–Crippen MR) is 59.4 cm³/mol. The van der Waals surface area contributed by atoms with Crippen molar-refractivity contribution in [3.8, 4) is 5.75 Å². The van der Waals surface area contributed by atoms with Crippen molar-refractivity contribution in [1.82, 2.24) is 5.16 Å². The molecule has 15 heavy (non-hydrogen) atoms. The van der Waals surface area contributed by atoms with Crippen LogP contribution in [0.25, 0.3) is 0 Å². The number of nitrogens with two attached hydrogens (primary N) is 1. The first-order valence-electron chi connectivity index (χ1n) is 4.33. The molecule has 2 N–H and O–H groups in total. The van der Waals surface area contributed by atoms with Crippen LogP contribution in [0.5, 0.6) is 5.75 Å². The minimum atomic E-state index is 0.325. The molecule has 0 fully saturated rings. The maximum atomic E-state index is 5.45. The molecule has 2 aromatic rings. The highest BCUT2D eigenvalue weighted by atomic mass is 79.9. The first-order chi connectivity index (χ1) is 7.24. The number of nitrogen functional groups attached to an aromatic ring is 1. The third-order valence-corrected chi connectivity index (χ3v) is 2.30. The van der Waals surface area contributed by atoms with Gasteiger partial charge in [-0.25, -0.2) is 0 Å². The fraction of sp³-hybridized carbons (Fsp3) is 0.100. The molecule has 0 atom stereocenters. The standard InChI is InChI=1S/C10H9BrN2O2/c11-7-1-3-8(4-2-7)14-6-9-5-10(12)13-15-9/h1-5H,6H2,(H2,12,13). The van der Waals surface area contributed by atoms with Crippen LogP contribution in [0.2, 0.25) is 0 Å². The molecule has 4 nitrogen and oxygen atoms in total. The summed E-state index contributed by atoms with van der Waals surface area (Å²) in [5.74, 6) is 1.74. The Kier molecular flexibility index (Phi) is 2.91. The van der Waals surface area contributed by atoms with Crippen LogP contribution in [0.1, 0.15) is 5.76 Å². The van der Waals surface area contributed by atoms with E-state index in [1.54, 1.807) is 6.07 Å². The number of ether oxygens (including phenoxy) is 1. The number of rotatable bonds is 3. The van der Waals surface area contributed by atoms with Gasteiger partial charge in [0.1, 0.15) is 12.4 Å². The lowest BCUT2D eigenvalue weighted by molar-refractivity contribution is 0.249. The Morgan fingerprint density at radius 1 is 1.33 bits per heavy atom. The second kappa shape index (κ2) is 4.35. The highest BCUT2D eigenvalue weighted by molar-refractivity contribution is 9.10. The molecule has 0 amide bonds. The van der Waals surface area contributed by atoms with E-state index in [2.05, 4.69) is 21.1 Å². The summed E-state index contributed by atoms with van der Waals surface area (Å²) in [6.45, 7) is 0.325. The van der Waals surface area contributed by atoms with Crippen LogP contribution in [0, 0.1) is 0 Å². The molecule has 0 saturated carbocycles. The van der Waals surface area contributed by atoms with Crippen LogP contribution >= 0.6 is 15.9 Å². The SMILES string of the molecule is Nc1cc(COc2ccc(Br)cc2)on1. The van der Waals surface area contributed by atoms with Gasteiger partial charge >= 0.3 is 0 Å². The molecule has 0 radical (unpaired) electrons. The molecule has 5 heteroatoms. The van der Waals surface area contributed by atoms with Crippen molar-refractivity contribution in [3.05, 3.63) is 40.6 Å². The Morgan fingerprint density at radius 3 is 2.67 bits per heavy atom. The van der Waals surface area contributed by atoms with E-state index in [0.29, 0.717) is 18.2 Å². The molecule has 0 aliphatic rings. The van der Waals surface area contributed by atoms with E-state index in [0.717, 1.165) is 10.2 Å². The highest BCUT2D eigenvalue weighted by Gasteiger charge is 2.01. The Morgan fingerprint density at radius 2 is 2.07 bits per heavy atom. The molecular weight excluding hydrogens is 260 g/mol. The lowest BCUT2D eigenvalue weighted by atomic mass is 10.3. The quantitative estimate of drug-likeness (QED) is 0.930. The van der Waals surface area contributed by atoms with Gasteiger partial charge in [0, 0.05) is 10.5 Å². The van der Waals surface area contributed by atoms with Crippen LogP contribution in [-0.4, -0.2) is 5.16 Å². The van der Waals surface area contributed by atoms with Crippen molar-refractivity contribution < 1.29 is 9.26 Å². The number of benzene rings is 1. The van der Waals surface area contributed by atoms with E-state index < -0.39 is 0 Å². The fourth-order valence-corrected chi connectivity index (χ4v) is 1.35. The van der Waals surface area contributed by atoms with Gasteiger partial charge in [0.2, 0.25) is 0 Å². The summed E-state index contributed by atoms with van der Waals surface area (Å²) in [6.07, 6.45) is 0. The molecule has 0 unspecified atom stereocenters. The van der Waals surface area contributed by atoms with Gasteiger partial charge < -0.3 is 15.0 Å². The second-order valence-electron chi connectivity index (χ2n) is 2.96. The van der Waals surface area contributed by atoms with Gasteiger partial charge in [0.05, 0.1) is 0 Å². The maximum Gasteiger partial charge on any atom is 0.176 e. The van der Waals surface area contributed by atoms with Gasteiger partial charge in [0.15, 0.2) is 11.6 Å². The van der Waals surface area contributed by atoms with Crippen molar-refractivity contribution >= 4 is 21.7 Å². The summed E-state index contributed by atoms with van der Waals surface area (Å²) in [4.78, 5) is 0. The average molecular weight is 269 g/mol. The third-order valence-electron chi connectivity index (χ3n) is 1.77. The van der Waals surface area contributed by atoms with E-state index >= 15 is 0 Å². The van der Waals surface area contributed by atoms with Gasteiger partial charge in [0.25, 0.3) is 0 Å². The minimum Gasteiger partial charge on any atom is -0.486 e. The van der Waals surface area contributed by atoms with E-state index in [4.69, 9.17) is 15.0 Å². The average Bonchev–Trinajstić information content (AvgIpc) is 2.64. The zero-order chi connectivity index (χ0) is 10.7. The second-order valence-corrected chi connectivity index (χ2v) is 3.88. The summed E-state index contributed by atoms with van der Waals surface area (Å²) >= 11 is 3.34. The molecule has 1 aromatic heterocycles. The summed E-state index contributed by atoms with van der Waals surface area (Å²) in [7, 11) is 0. The zero-order valence-corrected chi connectivity index (χ0v) is 9.40. The van der Waals surface area contributed by atoms with Gasteiger partial charge in [-0.2, -0.15) is 0 Å². The van der Waals surface area contributed by atoms with Gasteiger partial charge in [-0.05, 0) is 24.3 Å². The summed E-state index contributed by atoms with van der Waals surface area (Å²) < 4.78 is 11.4. The van der Waals surface area contributed by atoms with E-state index in [-0.39, 0.29) is 0 Å². The van der Waals surface area contributed by atoms with Crippen LogP contribution in [-0.2, 0) is 6.61 Å². The molecule has 0 bridgehead atoms. The lowest BCUT2D eigenvalue weighted by Gasteiger charge is -2.02. The van der Waals surface area contributed by atoms with E-state index in [1.807, 2.05) is 24.3 Å². The summed E-state index contributed by atoms with van der Waals surface area (Å²) in [6, 6.07) is 9.18. The molecule has 1 aromatic carbocycles. The molecule has 2 rings (SSSR count). The topological polar surface area (TPSA) is 61.3 Å². The lowest BCUT2D eigenvalue weighted by Crippen LogP contribution is -1.93. The fourth-order valence-electron chi connectivity index (χ4n) is 1.08. The number of hydrogen-bond acceptors (Lipinski definition) is 4. The monoisotopic (exact) mass is 268 g/mol. The maximum absolute atomic E-state index is 5.45. The zero-order valence-electron chi connectivity index (χ0n) is 7.81. The van der Waals surface area contributed by atoms with Crippen molar-refractivity contribution in [2.24, 2.45) is 0 Å². The van der Waals surface area contributed by atoms with Crippen LogP contribution in [0.15, 0.2) is 39.3 Å². The molecule has 0 saturated heterocycles. The Hall–Kier alpha value is -1.49. The first kappa shape index (κ1) is 10.0. The highest BCUT2D eigenvalue weighted by Crippen LogP contribution is 2.17. The first-order valence-corrected chi connectivity index (χ1v) is 5.13. The molecule has 0 aliphatic carbocycles. The predicted octanol–water partition coefficient (Wildman–Crippen LogP) is 2.60. The van der Waals surface area contributed by atoms with Gasteiger partial charge in [-0.1, -0.05) is 21.1 Å². The Labute approximate surface area is 95.1 Å². The molecule has 1 heterocycles. The molecule has 0 spiro atoms. The van der Waals surface area contributed by atoms with Crippen molar-refractivity contribution in [3.63, 3.8) is 0 Å². The van der Waals surface area contributed by atoms with E-state index in [9.17, 15) is 0 Å². The minimum absolute atomic E-state index is 0.325. The van der Waals surface area contributed by atoms with Crippen LogP contribution in [0.3, 0.4) is 0 Å². The number of nitrogens with zero attached hydrogens (tertiary/aromatic N) is 1. The van der Waals surface area contributed by atoms with Gasteiger partial charge in [-0.15, -0.1) is 0 Å². The largest absolute Gasteiger partial charge is 0.486 e. The normalized spacial score (nSPS) is 10.2. The van der Waals surface area contributed by atoms with Gasteiger partial charge in [-0.3, -0.25) is 0 Å².